The summed E-state index contributed by atoms with van der Waals surface area (Å²) in [4.78, 5) is 2.57. The SMILES string of the molecule is C=CCN1CCCCC1c1cccc2ccccc12. The summed E-state index contributed by atoms with van der Waals surface area (Å²) in [7, 11) is 0. The van der Waals surface area contributed by atoms with Gasteiger partial charge >= 0.3 is 0 Å². The predicted octanol–water partition coefficient (Wildman–Crippen LogP) is 4.55. The average molecular weight is 251 g/mol. The first kappa shape index (κ1) is 12.4. The lowest BCUT2D eigenvalue weighted by molar-refractivity contribution is 0.167. The molecule has 1 heteroatoms. The molecule has 98 valence electrons. The largest absolute Gasteiger partial charge is 0.293 e. The van der Waals surface area contributed by atoms with Crippen molar-refractivity contribution in [3.05, 3.63) is 60.7 Å². The summed E-state index contributed by atoms with van der Waals surface area (Å²) < 4.78 is 0. The standard InChI is InChI=1S/C18H21N/c1-2-13-19-14-6-5-12-18(19)17-11-7-9-15-8-3-4-10-16(15)17/h2-4,7-11,18H,1,5-6,12-14H2. The minimum absolute atomic E-state index is 0.554. The van der Waals surface area contributed by atoms with Crippen LogP contribution in [0.15, 0.2) is 55.1 Å². The van der Waals surface area contributed by atoms with E-state index >= 15 is 0 Å². The van der Waals surface area contributed by atoms with E-state index in [0.29, 0.717) is 6.04 Å². The van der Waals surface area contributed by atoms with Crippen LogP contribution < -0.4 is 0 Å². The number of likely N-dealkylation sites (tertiary alicyclic amines) is 1. The second-order valence-corrected chi connectivity index (χ2v) is 5.36. The van der Waals surface area contributed by atoms with Gasteiger partial charge < -0.3 is 0 Å². The molecule has 0 spiro atoms. The van der Waals surface area contributed by atoms with Crippen LogP contribution in [-0.4, -0.2) is 18.0 Å². The molecule has 19 heavy (non-hydrogen) atoms. The molecule has 1 heterocycles. The van der Waals surface area contributed by atoms with Gasteiger partial charge in [0.05, 0.1) is 0 Å². The molecule has 1 aliphatic rings. The van der Waals surface area contributed by atoms with Crippen molar-refractivity contribution in [2.24, 2.45) is 0 Å². The first-order chi connectivity index (χ1) is 9.40. The quantitative estimate of drug-likeness (QED) is 0.723. The average Bonchev–Trinajstić information content (AvgIpc) is 2.48. The number of fused-ring (bicyclic) bond motifs is 1. The smallest absolute Gasteiger partial charge is 0.0357 e. The molecule has 1 fully saturated rings. The van der Waals surface area contributed by atoms with Gasteiger partial charge in [0.2, 0.25) is 0 Å². The maximum absolute atomic E-state index is 3.90. The van der Waals surface area contributed by atoms with Crippen LogP contribution in [0.2, 0.25) is 0 Å². The zero-order valence-electron chi connectivity index (χ0n) is 11.4. The second kappa shape index (κ2) is 5.58. The van der Waals surface area contributed by atoms with Crippen LogP contribution in [0.3, 0.4) is 0 Å². The zero-order valence-corrected chi connectivity index (χ0v) is 11.4. The van der Waals surface area contributed by atoms with Crippen molar-refractivity contribution >= 4 is 10.8 Å². The number of nitrogens with zero attached hydrogens (tertiary/aromatic N) is 1. The van der Waals surface area contributed by atoms with Gasteiger partial charge in [0.1, 0.15) is 0 Å². The fraction of sp³-hybridized carbons (Fsp3) is 0.333. The van der Waals surface area contributed by atoms with Crippen LogP contribution in [0.5, 0.6) is 0 Å². The van der Waals surface area contributed by atoms with Gasteiger partial charge in [0, 0.05) is 12.6 Å². The van der Waals surface area contributed by atoms with Gasteiger partial charge in [-0.2, -0.15) is 0 Å². The van der Waals surface area contributed by atoms with Gasteiger partial charge in [-0.3, -0.25) is 4.90 Å². The molecule has 0 saturated carbocycles. The summed E-state index contributed by atoms with van der Waals surface area (Å²) in [6.07, 6.45) is 5.95. The molecule has 1 aliphatic heterocycles. The normalized spacial score (nSPS) is 20.5. The van der Waals surface area contributed by atoms with Crippen LogP contribution in [0.25, 0.3) is 10.8 Å². The molecule has 0 amide bonds. The van der Waals surface area contributed by atoms with E-state index in [0.717, 1.165) is 6.54 Å². The molecule has 1 unspecified atom stereocenters. The van der Waals surface area contributed by atoms with Crippen LogP contribution in [-0.2, 0) is 0 Å². The fourth-order valence-corrected chi connectivity index (χ4v) is 3.27. The molecule has 0 aromatic heterocycles. The lowest BCUT2D eigenvalue weighted by Crippen LogP contribution is -2.33. The topological polar surface area (TPSA) is 3.24 Å². The van der Waals surface area contributed by atoms with E-state index in [2.05, 4.69) is 53.9 Å². The van der Waals surface area contributed by atoms with Crippen LogP contribution in [0.1, 0.15) is 30.9 Å². The molecular formula is C18H21N. The number of hydrogen-bond acceptors (Lipinski definition) is 1. The highest BCUT2D eigenvalue weighted by molar-refractivity contribution is 5.86. The van der Waals surface area contributed by atoms with E-state index in [9.17, 15) is 0 Å². The van der Waals surface area contributed by atoms with E-state index in [1.165, 1.54) is 42.1 Å². The minimum atomic E-state index is 0.554. The van der Waals surface area contributed by atoms with Gasteiger partial charge in [0.25, 0.3) is 0 Å². The van der Waals surface area contributed by atoms with Crippen molar-refractivity contribution < 1.29 is 0 Å². The number of benzene rings is 2. The summed E-state index contributed by atoms with van der Waals surface area (Å²) >= 11 is 0. The van der Waals surface area contributed by atoms with Gasteiger partial charge in [-0.1, -0.05) is 55.0 Å². The molecule has 0 radical (unpaired) electrons. The maximum Gasteiger partial charge on any atom is 0.0357 e. The number of piperidine rings is 1. The number of rotatable bonds is 3. The molecule has 2 aromatic rings. The highest BCUT2D eigenvalue weighted by Gasteiger charge is 2.23. The van der Waals surface area contributed by atoms with Crippen LogP contribution >= 0.6 is 0 Å². The van der Waals surface area contributed by atoms with E-state index in [1.807, 2.05) is 6.08 Å². The first-order valence-electron chi connectivity index (χ1n) is 7.23. The van der Waals surface area contributed by atoms with Crippen molar-refractivity contribution in [3.8, 4) is 0 Å². The highest BCUT2D eigenvalue weighted by Crippen LogP contribution is 2.34. The summed E-state index contributed by atoms with van der Waals surface area (Å²) in [5.41, 5.74) is 1.49. The maximum atomic E-state index is 3.90. The lowest BCUT2D eigenvalue weighted by Gasteiger charge is -2.35. The van der Waals surface area contributed by atoms with Crippen molar-refractivity contribution in [1.29, 1.82) is 0 Å². The molecule has 3 rings (SSSR count). The first-order valence-corrected chi connectivity index (χ1v) is 7.23. The fourth-order valence-electron chi connectivity index (χ4n) is 3.27. The van der Waals surface area contributed by atoms with Crippen molar-refractivity contribution in [2.75, 3.05) is 13.1 Å². The van der Waals surface area contributed by atoms with Crippen LogP contribution in [0.4, 0.5) is 0 Å². The molecule has 2 aromatic carbocycles. The van der Waals surface area contributed by atoms with Gasteiger partial charge in [0.15, 0.2) is 0 Å². The Morgan fingerprint density at radius 3 is 2.84 bits per heavy atom. The Labute approximate surface area is 115 Å². The second-order valence-electron chi connectivity index (χ2n) is 5.36. The van der Waals surface area contributed by atoms with Gasteiger partial charge in [-0.25, -0.2) is 0 Å². The van der Waals surface area contributed by atoms with E-state index < -0.39 is 0 Å². The summed E-state index contributed by atoms with van der Waals surface area (Å²) in [5, 5.41) is 2.76. The zero-order chi connectivity index (χ0) is 13.1. The van der Waals surface area contributed by atoms with Crippen molar-refractivity contribution in [3.63, 3.8) is 0 Å². The molecule has 0 bridgehead atoms. The predicted molar refractivity (Wildman–Crippen MR) is 82.3 cm³/mol. The van der Waals surface area contributed by atoms with E-state index in [1.54, 1.807) is 0 Å². The summed E-state index contributed by atoms with van der Waals surface area (Å²) in [5.74, 6) is 0. The third-order valence-corrected chi connectivity index (χ3v) is 4.16. The molecule has 1 saturated heterocycles. The summed E-state index contributed by atoms with van der Waals surface area (Å²) in [6.45, 7) is 6.09. The Bertz CT molecular complexity index is 567. The Hall–Kier alpha value is -1.60. The van der Waals surface area contributed by atoms with Crippen molar-refractivity contribution in [2.45, 2.75) is 25.3 Å². The molecule has 0 N–H and O–H groups in total. The summed E-state index contributed by atoms with van der Waals surface area (Å²) in [6, 6.07) is 16.0. The van der Waals surface area contributed by atoms with Gasteiger partial charge in [-0.05, 0) is 35.7 Å². The Morgan fingerprint density at radius 2 is 1.95 bits per heavy atom. The third-order valence-electron chi connectivity index (χ3n) is 4.16. The van der Waals surface area contributed by atoms with E-state index in [4.69, 9.17) is 0 Å². The molecule has 1 atom stereocenters. The van der Waals surface area contributed by atoms with Crippen LogP contribution in [0, 0.1) is 0 Å². The Morgan fingerprint density at radius 1 is 1.11 bits per heavy atom. The van der Waals surface area contributed by atoms with E-state index in [-0.39, 0.29) is 0 Å². The Kier molecular flexibility index (Phi) is 3.65. The molecule has 1 nitrogen and oxygen atoms in total. The Balaban J connectivity index is 2.04. The lowest BCUT2D eigenvalue weighted by atomic mass is 9.91. The highest BCUT2D eigenvalue weighted by atomic mass is 15.2. The number of hydrogen-bond donors (Lipinski definition) is 0. The van der Waals surface area contributed by atoms with Crippen molar-refractivity contribution in [1.82, 2.24) is 4.90 Å². The minimum Gasteiger partial charge on any atom is -0.293 e. The van der Waals surface area contributed by atoms with Gasteiger partial charge in [-0.15, -0.1) is 6.58 Å². The third kappa shape index (κ3) is 2.43. The molecular weight excluding hydrogens is 230 g/mol. The monoisotopic (exact) mass is 251 g/mol. The molecule has 0 aliphatic carbocycles.